The van der Waals surface area contributed by atoms with Crippen molar-refractivity contribution in [2.75, 3.05) is 19.0 Å². The van der Waals surface area contributed by atoms with Crippen LogP contribution in [0, 0.1) is 6.92 Å². The number of hydrogen-bond acceptors (Lipinski definition) is 6. The number of benzene rings is 2. The van der Waals surface area contributed by atoms with E-state index in [-0.39, 0.29) is 36.3 Å². The number of carbonyl (C=O) groups is 2. The van der Waals surface area contributed by atoms with Gasteiger partial charge in [0, 0.05) is 24.6 Å². The lowest BCUT2D eigenvalue weighted by Crippen LogP contribution is -2.30. The molecular formula is C21H24N2O6S. The Morgan fingerprint density at radius 3 is 2.77 bits per heavy atom. The first kappa shape index (κ1) is 21.6. The molecule has 1 aliphatic heterocycles. The Hall–Kier alpha value is -3.07. The molecule has 0 radical (unpaired) electrons. The van der Waals surface area contributed by atoms with Gasteiger partial charge in [0.05, 0.1) is 22.9 Å². The standard InChI is InChI=1S/C21H24N2O6S/c1-13-8-16-18(29-12-21(25)23-16)10-19(13)30(26,27)14(2)9-20(24)22-11-15-6-4-5-7-17(15)28-3/h4-8,10,14H,9,11-12H2,1-3H3,(H,22,24)(H,23,25)/t14-/m0/s1. The topological polar surface area (TPSA) is 111 Å². The van der Waals surface area contributed by atoms with Crippen LogP contribution in [0.2, 0.25) is 0 Å². The van der Waals surface area contributed by atoms with Crippen LogP contribution < -0.4 is 20.1 Å². The van der Waals surface area contributed by atoms with Crippen LogP contribution in [0.25, 0.3) is 0 Å². The third-order valence-electron chi connectivity index (χ3n) is 4.89. The molecule has 160 valence electrons. The molecule has 0 fully saturated rings. The SMILES string of the molecule is COc1ccccc1CNC(=O)C[C@H](C)S(=O)(=O)c1cc2c(cc1C)NC(=O)CO2. The van der Waals surface area contributed by atoms with Crippen molar-refractivity contribution in [3.8, 4) is 11.5 Å². The fourth-order valence-electron chi connectivity index (χ4n) is 3.23. The molecule has 0 aromatic heterocycles. The molecule has 2 aromatic rings. The Labute approximate surface area is 175 Å². The maximum absolute atomic E-state index is 13.1. The summed E-state index contributed by atoms with van der Waals surface area (Å²) in [5, 5.41) is 4.45. The number of anilines is 1. The third-order valence-corrected chi connectivity index (χ3v) is 7.17. The molecule has 0 aliphatic carbocycles. The number of carbonyl (C=O) groups excluding carboxylic acids is 2. The average molecular weight is 432 g/mol. The first-order valence-electron chi connectivity index (χ1n) is 9.42. The number of rotatable bonds is 7. The minimum atomic E-state index is -3.79. The smallest absolute Gasteiger partial charge is 0.262 e. The summed E-state index contributed by atoms with van der Waals surface area (Å²) >= 11 is 0. The number of sulfone groups is 1. The van der Waals surface area contributed by atoms with Crippen LogP contribution in [0.4, 0.5) is 5.69 Å². The fraction of sp³-hybridized carbons (Fsp3) is 0.333. The van der Waals surface area contributed by atoms with E-state index in [2.05, 4.69) is 10.6 Å². The van der Waals surface area contributed by atoms with Crippen LogP contribution in [0.3, 0.4) is 0 Å². The van der Waals surface area contributed by atoms with Gasteiger partial charge in [0.25, 0.3) is 5.91 Å². The third kappa shape index (κ3) is 4.56. The van der Waals surface area contributed by atoms with E-state index < -0.39 is 15.1 Å². The molecular weight excluding hydrogens is 408 g/mol. The predicted octanol–water partition coefficient (Wildman–Crippen LogP) is 2.20. The largest absolute Gasteiger partial charge is 0.496 e. The number of para-hydroxylation sites is 1. The molecule has 2 amide bonds. The summed E-state index contributed by atoms with van der Waals surface area (Å²) in [5.74, 6) is 0.274. The van der Waals surface area contributed by atoms with E-state index in [1.165, 1.54) is 13.0 Å². The van der Waals surface area contributed by atoms with Crippen LogP contribution in [0.1, 0.15) is 24.5 Å². The molecule has 1 atom stereocenters. The predicted molar refractivity (Wildman–Crippen MR) is 111 cm³/mol. The number of methoxy groups -OCH3 is 1. The van der Waals surface area contributed by atoms with Gasteiger partial charge in [-0.25, -0.2) is 8.42 Å². The Balaban J connectivity index is 1.70. The van der Waals surface area contributed by atoms with Crippen molar-refractivity contribution in [3.05, 3.63) is 47.5 Å². The number of fused-ring (bicyclic) bond motifs is 1. The molecule has 8 nitrogen and oxygen atoms in total. The Morgan fingerprint density at radius 1 is 1.30 bits per heavy atom. The van der Waals surface area contributed by atoms with E-state index >= 15 is 0 Å². The second-order valence-corrected chi connectivity index (χ2v) is 9.43. The lowest BCUT2D eigenvalue weighted by Gasteiger charge is -2.21. The molecule has 2 aromatic carbocycles. The quantitative estimate of drug-likeness (QED) is 0.694. The summed E-state index contributed by atoms with van der Waals surface area (Å²) in [7, 11) is -2.24. The number of aryl methyl sites for hydroxylation is 1. The summed E-state index contributed by atoms with van der Waals surface area (Å²) in [6.45, 7) is 3.21. The van der Waals surface area contributed by atoms with Gasteiger partial charge in [-0.3, -0.25) is 9.59 Å². The zero-order valence-electron chi connectivity index (χ0n) is 17.0. The van der Waals surface area contributed by atoms with Gasteiger partial charge in [-0.15, -0.1) is 0 Å². The van der Waals surface area contributed by atoms with Crippen LogP contribution >= 0.6 is 0 Å². The molecule has 2 N–H and O–H groups in total. The fourth-order valence-corrected chi connectivity index (χ4v) is 4.81. The number of nitrogens with one attached hydrogen (secondary N) is 2. The molecule has 0 saturated heterocycles. The van der Waals surface area contributed by atoms with Crippen molar-refractivity contribution in [2.45, 2.75) is 37.0 Å². The summed E-state index contributed by atoms with van der Waals surface area (Å²) in [6, 6.07) is 10.2. The maximum atomic E-state index is 13.1. The van der Waals surface area contributed by atoms with Crippen LogP contribution in [0.15, 0.2) is 41.3 Å². The Morgan fingerprint density at radius 2 is 2.03 bits per heavy atom. The molecule has 1 heterocycles. The Bertz CT molecular complexity index is 1080. The zero-order valence-corrected chi connectivity index (χ0v) is 17.8. The molecule has 9 heteroatoms. The molecule has 0 bridgehead atoms. The second-order valence-electron chi connectivity index (χ2n) is 7.10. The van der Waals surface area contributed by atoms with E-state index in [9.17, 15) is 18.0 Å². The zero-order chi connectivity index (χ0) is 21.9. The monoisotopic (exact) mass is 432 g/mol. The van der Waals surface area contributed by atoms with E-state index in [1.807, 2.05) is 18.2 Å². The molecule has 0 unspecified atom stereocenters. The number of ether oxygens (including phenoxy) is 2. The van der Waals surface area contributed by atoms with E-state index in [0.29, 0.717) is 22.7 Å². The van der Waals surface area contributed by atoms with Gasteiger partial charge in [0.1, 0.15) is 11.5 Å². The van der Waals surface area contributed by atoms with Crippen LogP contribution in [-0.2, 0) is 26.0 Å². The van der Waals surface area contributed by atoms with Gasteiger partial charge >= 0.3 is 0 Å². The summed E-state index contributed by atoms with van der Waals surface area (Å²) in [4.78, 5) is 23.9. The lowest BCUT2D eigenvalue weighted by molar-refractivity contribution is -0.121. The number of amides is 2. The van der Waals surface area contributed by atoms with Crippen molar-refractivity contribution < 1.29 is 27.5 Å². The van der Waals surface area contributed by atoms with Crippen molar-refractivity contribution in [1.82, 2.24) is 5.32 Å². The van der Waals surface area contributed by atoms with Gasteiger partial charge in [-0.05, 0) is 31.5 Å². The minimum absolute atomic E-state index is 0.0856. The van der Waals surface area contributed by atoms with Crippen LogP contribution in [0.5, 0.6) is 11.5 Å². The molecule has 3 rings (SSSR count). The normalized spacial score (nSPS) is 14.2. The van der Waals surface area contributed by atoms with Gasteiger partial charge < -0.3 is 20.1 Å². The maximum Gasteiger partial charge on any atom is 0.262 e. The average Bonchev–Trinajstić information content (AvgIpc) is 2.71. The van der Waals surface area contributed by atoms with Gasteiger partial charge in [0.15, 0.2) is 16.4 Å². The van der Waals surface area contributed by atoms with Crippen molar-refractivity contribution in [3.63, 3.8) is 0 Å². The summed E-state index contributed by atoms with van der Waals surface area (Å²) < 4.78 is 36.7. The van der Waals surface area contributed by atoms with Crippen molar-refractivity contribution >= 4 is 27.3 Å². The highest BCUT2D eigenvalue weighted by molar-refractivity contribution is 7.92. The Kier molecular flexibility index (Phi) is 6.31. The van der Waals surface area contributed by atoms with E-state index in [0.717, 1.165) is 5.56 Å². The molecule has 0 spiro atoms. The second kappa shape index (κ2) is 8.74. The number of hydrogen-bond donors (Lipinski definition) is 2. The first-order valence-corrected chi connectivity index (χ1v) is 11.0. The van der Waals surface area contributed by atoms with Gasteiger partial charge in [-0.2, -0.15) is 0 Å². The van der Waals surface area contributed by atoms with Gasteiger partial charge in [0.2, 0.25) is 5.91 Å². The molecule has 1 aliphatic rings. The highest BCUT2D eigenvalue weighted by Gasteiger charge is 2.29. The summed E-state index contributed by atoms with van der Waals surface area (Å²) in [5.41, 5.74) is 1.71. The van der Waals surface area contributed by atoms with E-state index in [1.54, 1.807) is 26.2 Å². The van der Waals surface area contributed by atoms with Crippen molar-refractivity contribution in [2.24, 2.45) is 0 Å². The molecule has 0 saturated carbocycles. The minimum Gasteiger partial charge on any atom is -0.496 e. The van der Waals surface area contributed by atoms with E-state index in [4.69, 9.17) is 9.47 Å². The highest BCUT2D eigenvalue weighted by Crippen LogP contribution is 2.34. The molecule has 30 heavy (non-hydrogen) atoms. The van der Waals surface area contributed by atoms with Crippen LogP contribution in [-0.4, -0.2) is 39.2 Å². The van der Waals surface area contributed by atoms with Gasteiger partial charge in [-0.1, -0.05) is 18.2 Å². The summed E-state index contributed by atoms with van der Waals surface area (Å²) in [6.07, 6.45) is -0.189. The first-order chi connectivity index (χ1) is 14.2. The van der Waals surface area contributed by atoms with Crippen molar-refractivity contribution in [1.29, 1.82) is 0 Å². The lowest BCUT2D eigenvalue weighted by atomic mass is 10.2. The highest BCUT2D eigenvalue weighted by atomic mass is 32.2.